The molecule has 0 fully saturated rings. The number of hydrogen-bond donors (Lipinski definition) is 4. The molecule has 4 aromatic rings. The van der Waals surface area contributed by atoms with Crippen LogP contribution in [0.4, 0.5) is 15.4 Å². The van der Waals surface area contributed by atoms with Gasteiger partial charge in [-0.1, -0.05) is 47.6 Å². The fraction of sp³-hybridized carbons (Fsp3) is 0.422. The summed E-state index contributed by atoms with van der Waals surface area (Å²) in [6, 6.07) is 16.6. The molecule has 0 saturated heterocycles. The number of halogens is 1. The Morgan fingerprint density at radius 3 is 2.11 bits per heavy atom. The van der Waals surface area contributed by atoms with Gasteiger partial charge in [-0.15, -0.1) is 11.3 Å². The van der Waals surface area contributed by atoms with E-state index < -0.39 is 47.3 Å². The highest BCUT2D eigenvalue weighted by molar-refractivity contribution is 7.98. The van der Waals surface area contributed by atoms with Crippen molar-refractivity contribution >= 4 is 64.6 Å². The lowest BCUT2D eigenvalue weighted by Gasteiger charge is -2.24. The monoisotopic (exact) mass is 932 g/mol. The Hall–Kier alpha value is -6.08. The third-order valence-corrected chi connectivity index (χ3v) is 10.9. The molecule has 2 unspecified atom stereocenters. The van der Waals surface area contributed by atoms with Gasteiger partial charge in [-0.05, 0) is 97.6 Å². The Bertz CT molecular complexity index is 2330. The summed E-state index contributed by atoms with van der Waals surface area (Å²) in [6.45, 7) is 12.0. The SMILES string of the molecule is CNc1nc(SCc2csc(-c3ccc(Cl)cc3)n2)c(C#N)c(-c2ccc(OCCOC(=O)C(C)NC(=O)C(CCCCNC(=O)OC(C)(C)C)NC(=O)OC(C)(C)C)cc2)c1C#N. The quantitative estimate of drug-likeness (QED) is 0.0299. The van der Waals surface area contributed by atoms with Gasteiger partial charge >= 0.3 is 18.2 Å². The summed E-state index contributed by atoms with van der Waals surface area (Å²) in [4.78, 5) is 60.0. The Morgan fingerprint density at radius 2 is 1.48 bits per heavy atom. The van der Waals surface area contributed by atoms with Gasteiger partial charge in [0.2, 0.25) is 5.91 Å². The highest BCUT2D eigenvalue weighted by Crippen LogP contribution is 2.38. The van der Waals surface area contributed by atoms with E-state index in [9.17, 15) is 29.7 Å². The number of ether oxygens (including phenoxy) is 4. The lowest BCUT2D eigenvalue weighted by atomic mass is 9.96. The average molecular weight is 934 g/mol. The molecular weight excluding hydrogens is 880 g/mol. The van der Waals surface area contributed by atoms with Gasteiger partial charge < -0.3 is 40.2 Å². The number of benzene rings is 2. The molecule has 0 aliphatic carbocycles. The molecule has 4 rings (SSSR count). The molecule has 0 saturated carbocycles. The summed E-state index contributed by atoms with van der Waals surface area (Å²) in [5, 5.41) is 35.2. The number of unbranched alkanes of at least 4 members (excludes halogenated alkanes) is 1. The number of thioether (sulfide) groups is 1. The number of rotatable bonds is 19. The molecular formula is C45H53ClN8O8S2. The molecule has 0 spiro atoms. The number of amides is 3. The Morgan fingerprint density at radius 1 is 0.844 bits per heavy atom. The van der Waals surface area contributed by atoms with Gasteiger partial charge in [0.05, 0.1) is 11.3 Å². The van der Waals surface area contributed by atoms with E-state index >= 15 is 0 Å². The highest BCUT2D eigenvalue weighted by atomic mass is 35.5. The summed E-state index contributed by atoms with van der Waals surface area (Å²) in [5.74, 6) is -0.136. The largest absolute Gasteiger partial charge is 0.490 e. The maximum Gasteiger partial charge on any atom is 0.408 e. The van der Waals surface area contributed by atoms with Crippen LogP contribution < -0.4 is 26.0 Å². The molecule has 0 bridgehead atoms. The van der Waals surface area contributed by atoms with Crippen LogP contribution >= 0.6 is 34.7 Å². The molecule has 0 aliphatic rings. The second-order valence-electron chi connectivity index (χ2n) is 16.2. The summed E-state index contributed by atoms with van der Waals surface area (Å²) in [5.41, 5.74) is 1.77. The molecule has 0 aliphatic heterocycles. The van der Waals surface area contributed by atoms with Crippen molar-refractivity contribution in [2.24, 2.45) is 0 Å². The number of carbonyl (C=O) groups is 4. The van der Waals surface area contributed by atoms with Gasteiger partial charge in [-0.3, -0.25) is 4.79 Å². The summed E-state index contributed by atoms with van der Waals surface area (Å²) in [6.07, 6.45) is -0.219. The molecule has 64 heavy (non-hydrogen) atoms. The summed E-state index contributed by atoms with van der Waals surface area (Å²) in [7, 11) is 1.66. The molecule has 2 aromatic carbocycles. The lowest BCUT2D eigenvalue weighted by molar-refractivity contribution is -0.148. The Balaban J connectivity index is 1.33. The second kappa shape index (κ2) is 23.6. The van der Waals surface area contributed by atoms with Crippen molar-refractivity contribution in [3.05, 3.63) is 75.8 Å². The molecule has 0 radical (unpaired) electrons. The fourth-order valence-corrected chi connectivity index (χ4v) is 7.74. The maximum absolute atomic E-state index is 13.3. The summed E-state index contributed by atoms with van der Waals surface area (Å²) >= 11 is 8.89. The molecule has 19 heteroatoms. The smallest absolute Gasteiger partial charge is 0.408 e. The van der Waals surface area contributed by atoms with Crippen molar-refractivity contribution in [3.8, 4) is 39.6 Å². The number of alkyl carbamates (subject to hydrolysis) is 2. The minimum Gasteiger partial charge on any atom is -0.490 e. The van der Waals surface area contributed by atoms with Crippen LogP contribution in [0.15, 0.2) is 58.9 Å². The van der Waals surface area contributed by atoms with Crippen molar-refractivity contribution < 1.29 is 38.1 Å². The first-order valence-corrected chi connectivity index (χ1v) is 22.6. The number of esters is 1. The zero-order chi connectivity index (χ0) is 47.0. The normalized spacial score (nSPS) is 12.1. The molecule has 4 N–H and O–H groups in total. The van der Waals surface area contributed by atoms with Gasteiger partial charge in [-0.2, -0.15) is 10.5 Å². The van der Waals surface area contributed by atoms with Gasteiger partial charge in [0.1, 0.15) is 75.8 Å². The van der Waals surface area contributed by atoms with Crippen LogP contribution in [0.1, 0.15) is 84.5 Å². The van der Waals surface area contributed by atoms with Crippen LogP contribution in [0, 0.1) is 22.7 Å². The number of aromatic nitrogens is 2. The third kappa shape index (κ3) is 15.9. The first kappa shape index (κ1) is 50.6. The van der Waals surface area contributed by atoms with E-state index in [0.29, 0.717) is 57.9 Å². The predicted octanol–water partition coefficient (Wildman–Crippen LogP) is 8.62. The van der Waals surface area contributed by atoms with Gasteiger partial charge in [-0.25, -0.2) is 24.4 Å². The maximum atomic E-state index is 13.3. The van der Waals surface area contributed by atoms with Gasteiger partial charge in [0.25, 0.3) is 0 Å². The number of nitriles is 2. The third-order valence-electron chi connectivity index (χ3n) is 8.67. The lowest BCUT2D eigenvalue weighted by Crippen LogP contribution is -2.52. The summed E-state index contributed by atoms with van der Waals surface area (Å²) < 4.78 is 21.7. The molecule has 2 atom stereocenters. The number of hydrogen-bond acceptors (Lipinski definition) is 15. The Kier molecular flexibility index (Phi) is 18.6. The number of carbonyl (C=O) groups excluding carboxylic acids is 4. The van der Waals surface area contributed by atoms with Crippen LogP contribution in [-0.4, -0.2) is 84.1 Å². The zero-order valence-electron chi connectivity index (χ0n) is 37.0. The van der Waals surface area contributed by atoms with E-state index in [1.54, 1.807) is 72.9 Å². The molecule has 16 nitrogen and oxygen atoms in total. The van der Waals surface area contributed by atoms with Gasteiger partial charge in [0, 0.05) is 40.9 Å². The van der Waals surface area contributed by atoms with E-state index in [0.717, 1.165) is 16.3 Å². The number of nitrogens with one attached hydrogen (secondary N) is 4. The zero-order valence-corrected chi connectivity index (χ0v) is 39.4. The van der Waals surface area contributed by atoms with Crippen LogP contribution in [0.25, 0.3) is 21.7 Å². The number of anilines is 1. The van der Waals surface area contributed by atoms with Crippen LogP contribution in [0.5, 0.6) is 5.75 Å². The minimum atomic E-state index is -1.06. The first-order valence-electron chi connectivity index (χ1n) is 20.4. The topological polar surface area (TPSA) is 227 Å². The van der Waals surface area contributed by atoms with E-state index in [2.05, 4.69) is 38.4 Å². The molecule has 340 valence electrons. The van der Waals surface area contributed by atoms with Gasteiger partial charge in [0.15, 0.2) is 0 Å². The molecule has 2 aromatic heterocycles. The second-order valence-corrected chi connectivity index (χ2v) is 18.5. The highest BCUT2D eigenvalue weighted by Gasteiger charge is 2.28. The van der Waals surface area contributed by atoms with E-state index in [4.69, 9.17) is 35.5 Å². The van der Waals surface area contributed by atoms with Crippen molar-refractivity contribution in [2.45, 2.75) is 102 Å². The average Bonchev–Trinajstić information content (AvgIpc) is 3.71. The van der Waals surface area contributed by atoms with Crippen molar-refractivity contribution in [1.29, 1.82) is 10.5 Å². The standard InChI is InChI=1S/C45H53ClN8O8S2/c1-27(51-38(55)35(53-43(58)62-45(5,6)7)11-9-10-20-50-42(57)61-44(2,3)4)41(56)60-22-21-59-32-18-14-28(15-19-32)36-33(23-47)37(49-8)54-40(34(36)24-48)64-26-31-25-63-39(52-31)29-12-16-30(46)17-13-29/h12-19,25,27,35H,9-11,20-22,26H2,1-8H3,(H,49,54)(H,50,57)(H,51,55)(H,53,58). The fourth-order valence-electron chi connectivity index (χ4n) is 5.81. The number of pyridine rings is 1. The van der Waals surface area contributed by atoms with Crippen molar-refractivity contribution in [2.75, 3.05) is 32.1 Å². The van der Waals surface area contributed by atoms with E-state index in [1.807, 2.05) is 29.6 Å². The van der Waals surface area contributed by atoms with E-state index in [1.165, 1.54) is 30.0 Å². The van der Waals surface area contributed by atoms with Crippen LogP contribution in [-0.2, 0) is 29.6 Å². The van der Waals surface area contributed by atoms with Crippen LogP contribution in [0.2, 0.25) is 5.02 Å². The van der Waals surface area contributed by atoms with Crippen molar-refractivity contribution in [3.63, 3.8) is 0 Å². The molecule has 3 amide bonds. The first-order chi connectivity index (χ1) is 30.3. The number of thiazole rings is 1. The Labute approximate surface area is 386 Å². The van der Waals surface area contributed by atoms with Crippen molar-refractivity contribution in [1.82, 2.24) is 25.9 Å². The predicted molar refractivity (Wildman–Crippen MR) is 246 cm³/mol. The number of nitrogens with zero attached hydrogens (tertiary/aromatic N) is 4. The van der Waals surface area contributed by atoms with E-state index in [-0.39, 0.29) is 30.8 Å². The molecule has 2 heterocycles. The minimum absolute atomic E-state index is 0.0188. The van der Waals surface area contributed by atoms with Crippen LogP contribution in [0.3, 0.4) is 0 Å².